The standard InChI is InChI=1S/C20H19N3O2.C18H15N3O5S.C18H15N3O2.C18H14N2O3/c1-23(2)20(25)17-12-14(8-9-18(17)24)15-10-11-21-19(13-15)22-16-6-4-3-5-7-16;19-27(25,26)14-3-1-2-13(10-14)21-17-9-12(6-7-20-17)11-4-5-16(22)15(8-11)18(23)24;19-18(23)15-10-12(6-7-16(15)22)13-8-9-20-17(11-13)21-14-4-2-1-3-5-14;21-16-7-6-12(10-15(16)18(22)23)13-8-9-19-17(11-13)20-14-4-2-1-3-5-14/h3-13,24H,1-2H3,(H,21,22);1-10,22H,(H,20,21)(H,23,24)(H2,19,25,26);1-11,22H,(H2,19,23)(H,20,21);1-11,21H,(H,19,20)(H,22,23). The minimum absolute atomic E-state index is 0.0286. The zero-order valence-electron chi connectivity index (χ0n) is 52.3. The molecule has 4 heterocycles. The number of hydrogen-bond donors (Lipinski definition) is 12. The number of nitrogens with one attached hydrogen (secondary N) is 4. The van der Waals surface area contributed by atoms with Crippen LogP contribution in [0.4, 0.5) is 46.0 Å². The molecule has 0 saturated heterocycles. The molecule has 98 heavy (non-hydrogen) atoms. The van der Waals surface area contributed by atoms with Crippen molar-refractivity contribution >= 4 is 79.8 Å². The number of benzene rings is 8. The summed E-state index contributed by atoms with van der Waals surface area (Å²) in [7, 11) is -0.514. The minimum Gasteiger partial charge on any atom is -0.507 e. The number of hydrogen-bond acceptors (Lipinski definition) is 18. The van der Waals surface area contributed by atoms with Crippen LogP contribution in [-0.4, -0.2) is 102 Å². The van der Waals surface area contributed by atoms with Crippen LogP contribution in [-0.2, 0) is 10.0 Å². The van der Waals surface area contributed by atoms with E-state index in [1.807, 2.05) is 121 Å². The number of aromatic carboxylic acids is 2. The number of pyridine rings is 4. The number of sulfonamides is 1. The number of anilines is 8. The maximum atomic E-state index is 12.2. The van der Waals surface area contributed by atoms with E-state index in [9.17, 15) is 48.0 Å². The highest BCUT2D eigenvalue weighted by Crippen LogP contribution is 2.33. The van der Waals surface area contributed by atoms with Crippen molar-refractivity contribution in [3.05, 3.63) is 284 Å². The van der Waals surface area contributed by atoms with Gasteiger partial charge < -0.3 is 62.5 Å². The van der Waals surface area contributed by atoms with Crippen LogP contribution < -0.4 is 32.1 Å². The Hall–Kier alpha value is -13.5. The average molecular weight is 1330 g/mol. The van der Waals surface area contributed by atoms with Crippen LogP contribution in [0.3, 0.4) is 0 Å². The van der Waals surface area contributed by atoms with Crippen molar-refractivity contribution in [2.75, 3.05) is 35.4 Å². The van der Waals surface area contributed by atoms with Crippen LogP contribution in [0.1, 0.15) is 41.4 Å². The van der Waals surface area contributed by atoms with Crippen molar-refractivity contribution in [2.45, 2.75) is 4.90 Å². The molecule has 23 nitrogen and oxygen atoms in total. The van der Waals surface area contributed by atoms with Gasteiger partial charge in [0.05, 0.1) is 16.0 Å². The Morgan fingerprint density at radius 3 is 0.959 bits per heavy atom. The Morgan fingerprint density at radius 2 is 0.643 bits per heavy atom. The maximum absolute atomic E-state index is 12.2. The van der Waals surface area contributed by atoms with E-state index < -0.39 is 27.9 Å². The molecule has 12 rings (SSSR count). The van der Waals surface area contributed by atoms with Gasteiger partial charge in [-0.1, -0.05) is 84.9 Å². The molecule has 0 spiro atoms. The molecule has 0 fully saturated rings. The predicted molar refractivity (Wildman–Crippen MR) is 376 cm³/mol. The molecule has 0 bridgehead atoms. The van der Waals surface area contributed by atoms with Crippen LogP contribution in [0, 0.1) is 0 Å². The first-order chi connectivity index (χ1) is 47.0. The summed E-state index contributed by atoms with van der Waals surface area (Å²) < 4.78 is 22.9. The average Bonchev–Trinajstić information content (AvgIpc) is 0.946. The molecule has 24 heteroatoms. The quantitative estimate of drug-likeness (QED) is 0.0403. The number of nitrogens with two attached hydrogens (primary N) is 2. The summed E-state index contributed by atoms with van der Waals surface area (Å²) in [6.07, 6.45) is 6.56. The van der Waals surface area contributed by atoms with Crippen molar-refractivity contribution in [1.82, 2.24) is 24.8 Å². The fourth-order valence-electron chi connectivity index (χ4n) is 9.44. The first kappa shape index (κ1) is 68.9. The lowest BCUT2D eigenvalue weighted by molar-refractivity contribution is 0.0682. The summed E-state index contributed by atoms with van der Waals surface area (Å²) in [6, 6.07) is 68.0. The van der Waals surface area contributed by atoms with Gasteiger partial charge in [-0.3, -0.25) is 9.59 Å². The number of phenols is 4. The molecule has 12 aromatic rings. The van der Waals surface area contributed by atoms with Gasteiger partial charge in [0.1, 0.15) is 57.4 Å². The van der Waals surface area contributed by atoms with Gasteiger partial charge in [0.15, 0.2) is 0 Å². The van der Waals surface area contributed by atoms with E-state index in [0.717, 1.165) is 44.9 Å². The van der Waals surface area contributed by atoms with E-state index in [1.165, 1.54) is 59.6 Å². The number of rotatable bonds is 17. The molecule has 492 valence electrons. The van der Waals surface area contributed by atoms with E-state index in [0.29, 0.717) is 45.6 Å². The van der Waals surface area contributed by atoms with Crippen molar-refractivity contribution in [2.24, 2.45) is 10.9 Å². The second kappa shape index (κ2) is 31.9. The van der Waals surface area contributed by atoms with Gasteiger partial charge in [-0.2, -0.15) is 0 Å². The number of nitrogens with zero attached hydrogens (tertiary/aromatic N) is 5. The number of carboxylic acid groups (broad SMARTS) is 2. The molecule has 8 aromatic carbocycles. The smallest absolute Gasteiger partial charge is 0.339 e. The van der Waals surface area contributed by atoms with E-state index in [2.05, 4.69) is 41.2 Å². The number of aromatic nitrogens is 4. The summed E-state index contributed by atoms with van der Waals surface area (Å²) >= 11 is 0. The second-order valence-electron chi connectivity index (χ2n) is 21.5. The second-order valence-corrected chi connectivity index (χ2v) is 23.1. The third-order valence-corrected chi connectivity index (χ3v) is 15.2. The van der Waals surface area contributed by atoms with E-state index in [1.54, 1.807) is 99.4 Å². The van der Waals surface area contributed by atoms with Crippen LogP contribution in [0.5, 0.6) is 23.0 Å². The fourth-order valence-corrected chi connectivity index (χ4v) is 9.99. The van der Waals surface area contributed by atoms with Crippen molar-refractivity contribution in [1.29, 1.82) is 0 Å². The highest BCUT2D eigenvalue weighted by Gasteiger charge is 2.17. The van der Waals surface area contributed by atoms with Crippen LogP contribution in [0.25, 0.3) is 44.5 Å². The summed E-state index contributed by atoms with van der Waals surface area (Å²) in [6.45, 7) is 0. The number of primary sulfonamides is 1. The monoisotopic (exact) mass is 1330 g/mol. The normalized spacial score (nSPS) is 10.5. The lowest BCUT2D eigenvalue weighted by Gasteiger charge is -2.13. The number of primary amides is 1. The minimum atomic E-state index is -3.83. The number of aromatic hydroxyl groups is 4. The SMILES string of the molecule is CN(C)C(=O)c1cc(-c2ccnc(Nc3ccccc3)c2)ccc1O.NC(=O)c1cc(-c2ccnc(Nc3ccccc3)c2)ccc1O.NS(=O)(=O)c1cccc(Nc2cc(-c3ccc(O)c(C(=O)O)c3)ccn2)c1.O=C(O)c1cc(-c2ccnc(Nc3ccccc3)c2)ccc1O. The summed E-state index contributed by atoms with van der Waals surface area (Å²) in [5.41, 5.74) is 14.7. The molecule has 0 unspecified atom stereocenters. The molecular weight excluding hydrogens is 1270 g/mol. The van der Waals surface area contributed by atoms with Gasteiger partial charge in [0, 0.05) is 61.6 Å². The Balaban J connectivity index is 0.000000153. The van der Waals surface area contributed by atoms with Gasteiger partial charge >= 0.3 is 11.9 Å². The zero-order chi connectivity index (χ0) is 69.9. The van der Waals surface area contributed by atoms with Gasteiger partial charge in [-0.15, -0.1) is 0 Å². The largest absolute Gasteiger partial charge is 0.507 e. The van der Waals surface area contributed by atoms with Crippen LogP contribution >= 0.6 is 0 Å². The van der Waals surface area contributed by atoms with Gasteiger partial charge in [0.25, 0.3) is 11.8 Å². The molecule has 0 aliphatic heterocycles. The summed E-state index contributed by atoms with van der Waals surface area (Å²) in [5.74, 6) is -1.57. The Morgan fingerprint density at radius 1 is 0.357 bits per heavy atom. The molecule has 4 aromatic heterocycles. The summed E-state index contributed by atoms with van der Waals surface area (Å²) in [5, 5.41) is 74.9. The topological polar surface area (TPSA) is 379 Å². The first-order valence-electron chi connectivity index (χ1n) is 29.6. The van der Waals surface area contributed by atoms with E-state index >= 15 is 0 Å². The van der Waals surface area contributed by atoms with Crippen molar-refractivity contribution < 1.29 is 58.2 Å². The zero-order valence-corrected chi connectivity index (χ0v) is 53.1. The first-order valence-corrected chi connectivity index (χ1v) is 31.1. The Kier molecular flexibility index (Phi) is 22.4. The molecule has 0 aliphatic carbocycles. The van der Waals surface area contributed by atoms with Crippen molar-refractivity contribution in [3.8, 4) is 67.5 Å². The van der Waals surface area contributed by atoms with Crippen LogP contribution in [0.2, 0.25) is 0 Å². The molecule has 0 saturated carbocycles. The predicted octanol–water partition coefficient (Wildman–Crippen LogP) is 13.6. The van der Waals surface area contributed by atoms with E-state index in [-0.39, 0.29) is 56.1 Å². The van der Waals surface area contributed by atoms with Crippen LogP contribution in [0.15, 0.2) is 266 Å². The number of carbonyl (C=O) groups excluding carboxylic acids is 2. The molecular formula is C74H63N11O12S. The Bertz CT molecular complexity index is 4810. The lowest BCUT2D eigenvalue weighted by atomic mass is 10.0. The van der Waals surface area contributed by atoms with Gasteiger partial charge in [-0.25, -0.2) is 43.1 Å². The molecule has 0 atom stereocenters. The highest BCUT2D eigenvalue weighted by atomic mass is 32.2. The molecule has 0 radical (unpaired) electrons. The molecule has 0 aliphatic rings. The summed E-state index contributed by atoms with van der Waals surface area (Å²) in [4.78, 5) is 64.3. The highest BCUT2D eigenvalue weighted by molar-refractivity contribution is 7.89. The van der Waals surface area contributed by atoms with Gasteiger partial charge in [0.2, 0.25) is 10.0 Å². The van der Waals surface area contributed by atoms with E-state index in [4.69, 9.17) is 21.1 Å². The number of carbonyl (C=O) groups is 4. The number of carboxylic acids is 2. The Labute approximate surface area is 562 Å². The third kappa shape index (κ3) is 18.9. The lowest BCUT2D eigenvalue weighted by Crippen LogP contribution is -2.21. The maximum Gasteiger partial charge on any atom is 0.339 e. The fraction of sp³-hybridized carbons (Fsp3) is 0.0270. The van der Waals surface area contributed by atoms with Crippen molar-refractivity contribution in [3.63, 3.8) is 0 Å². The number of amides is 2. The van der Waals surface area contributed by atoms with Gasteiger partial charge in [-0.05, 0) is 196 Å². The molecule has 14 N–H and O–H groups in total. The number of phenolic OH excluding ortho intramolecular Hbond substituents is 1. The molecule has 2 amide bonds. The third-order valence-electron chi connectivity index (χ3n) is 14.3. The number of para-hydroxylation sites is 3.